The molecule has 0 heterocycles. The fraction of sp³-hybridized carbons (Fsp3) is 0.400. The molecule has 1 nitrogen and oxygen atoms in total. The van der Waals surface area contributed by atoms with Gasteiger partial charge in [0, 0.05) is 0 Å². The molecule has 0 saturated carbocycles. The lowest BCUT2D eigenvalue weighted by Gasteiger charge is -2.15. The highest BCUT2D eigenvalue weighted by atomic mass is 19.4. The van der Waals surface area contributed by atoms with Crippen molar-refractivity contribution in [1.29, 1.82) is 0 Å². The van der Waals surface area contributed by atoms with Gasteiger partial charge in [-0.05, 0) is 36.6 Å². The number of aliphatic hydroxyl groups excluding tert-OH is 1. The summed E-state index contributed by atoms with van der Waals surface area (Å²) in [5.74, 6) is 0. The number of aryl methyl sites for hydroxylation is 1. The first-order valence-corrected chi connectivity index (χ1v) is 4.15. The predicted octanol–water partition coefficient (Wildman–Crippen LogP) is 2.81. The van der Waals surface area contributed by atoms with Crippen LogP contribution in [0.5, 0.6) is 0 Å². The third-order valence-corrected chi connectivity index (χ3v) is 2.33. The number of hydrogen-bond donors (Lipinski definition) is 1. The zero-order valence-corrected chi connectivity index (χ0v) is 7.94. The Hall–Kier alpha value is -1.03. The Bertz CT molecular complexity index is 342. The summed E-state index contributed by atoms with van der Waals surface area (Å²) in [7, 11) is 0. The second-order valence-corrected chi connectivity index (χ2v) is 3.19. The summed E-state index contributed by atoms with van der Waals surface area (Å²) in [6, 6.07) is 2.42. The van der Waals surface area contributed by atoms with Gasteiger partial charge in [0.1, 0.15) is 0 Å². The Labute approximate surface area is 80.2 Å². The van der Waals surface area contributed by atoms with Gasteiger partial charge in [0.25, 0.3) is 0 Å². The molecule has 0 unspecified atom stereocenters. The zero-order chi connectivity index (χ0) is 10.9. The van der Waals surface area contributed by atoms with Crippen LogP contribution < -0.4 is 0 Å². The lowest BCUT2D eigenvalue weighted by molar-refractivity contribution is -0.138. The van der Waals surface area contributed by atoms with Crippen LogP contribution >= 0.6 is 0 Å². The molecule has 0 fully saturated rings. The normalized spacial score (nSPS) is 11.9. The van der Waals surface area contributed by atoms with Crippen LogP contribution in [0.15, 0.2) is 12.1 Å². The molecular formula is C10H11F3O. The Morgan fingerprint density at radius 3 is 2.21 bits per heavy atom. The van der Waals surface area contributed by atoms with Crippen LogP contribution in [0.3, 0.4) is 0 Å². The van der Waals surface area contributed by atoms with Crippen LogP contribution in [0.1, 0.15) is 22.3 Å². The minimum absolute atomic E-state index is 0.0301. The summed E-state index contributed by atoms with van der Waals surface area (Å²) < 4.78 is 37.3. The predicted molar refractivity (Wildman–Crippen MR) is 46.8 cm³/mol. The summed E-state index contributed by atoms with van der Waals surface area (Å²) in [6.45, 7) is 2.72. The quantitative estimate of drug-likeness (QED) is 0.745. The van der Waals surface area contributed by atoms with Crippen molar-refractivity contribution in [3.63, 3.8) is 0 Å². The molecule has 1 aromatic carbocycles. The maximum atomic E-state index is 12.4. The first-order chi connectivity index (χ1) is 6.38. The van der Waals surface area contributed by atoms with Crippen molar-refractivity contribution < 1.29 is 18.3 Å². The number of aliphatic hydroxyl groups is 1. The third-order valence-electron chi connectivity index (χ3n) is 2.33. The number of hydrogen-bond acceptors (Lipinski definition) is 1. The average Bonchev–Trinajstić information content (AvgIpc) is 2.07. The van der Waals surface area contributed by atoms with Crippen LogP contribution in [0.2, 0.25) is 0 Å². The van der Waals surface area contributed by atoms with E-state index in [0.717, 1.165) is 11.6 Å². The number of alkyl halides is 3. The van der Waals surface area contributed by atoms with E-state index in [0.29, 0.717) is 5.56 Å². The molecule has 14 heavy (non-hydrogen) atoms. The monoisotopic (exact) mass is 204 g/mol. The molecule has 1 N–H and O–H groups in total. The van der Waals surface area contributed by atoms with Gasteiger partial charge in [-0.2, -0.15) is 13.2 Å². The van der Waals surface area contributed by atoms with Crippen LogP contribution in [-0.4, -0.2) is 5.11 Å². The van der Waals surface area contributed by atoms with E-state index in [9.17, 15) is 13.2 Å². The van der Waals surface area contributed by atoms with Gasteiger partial charge < -0.3 is 5.11 Å². The van der Waals surface area contributed by atoms with Gasteiger partial charge in [-0.25, -0.2) is 0 Å². The summed E-state index contributed by atoms with van der Waals surface area (Å²) in [5, 5.41) is 8.89. The maximum absolute atomic E-state index is 12.4. The average molecular weight is 204 g/mol. The first kappa shape index (κ1) is 11.0. The molecule has 0 radical (unpaired) electrons. The second kappa shape index (κ2) is 3.61. The van der Waals surface area contributed by atoms with Gasteiger partial charge >= 0.3 is 6.18 Å². The van der Waals surface area contributed by atoms with Crippen molar-refractivity contribution in [1.82, 2.24) is 0 Å². The molecule has 0 aliphatic carbocycles. The maximum Gasteiger partial charge on any atom is 0.416 e. The number of halogens is 3. The standard InChI is InChI=1S/C10H11F3O/c1-6-3-4-9(10(11,12)13)8(5-14)7(6)2/h3-4,14H,5H2,1-2H3. The Morgan fingerprint density at radius 2 is 1.79 bits per heavy atom. The highest BCUT2D eigenvalue weighted by Gasteiger charge is 2.33. The Morgan fingerprint density at radius 1 is 1.21 bits per heavy atom. The molecule has 78 valence electrons. The minimum atomic E-state index is -4.39. The number of rotatable bonds is 1. The molecule has 0 atom stereocenters. The van der Waals surface area contributed by atoms with Crippen LogP contribution in [0.4, 0.5) is 13.2 Å². The highest BCUT2D eigenvalue weighted by molar-refractivity contribution is 5.40. The molecular weight excluding hydrogens is 193 g/mol. The zero-order valence-electron chi connectivity index (χ0n) is 7.94. The lowest BCUT2D eigenvalue weighted by atomic mass is 9.98. The summed E-state index contributed by atoms with van der Waals surface area (Å²) in [5.41, 5.74) is 0.477. The van der Waals surface area contributed by atoms with Gasteiger partial charge in [0.15, 0.2) is 0 Å². The van der Waals surface area contributed by atoms with Crippen molar-refractivity contribution >= 4 is 0 Å². The molecule has 0 saturated heterocycles. The minimum Gasteiger partial charge on any atom is -0.392 e. The Kier molecular flexibility index (Phi) is 2.85. The van der Waals surface area contributed by atoms with E-state index in [4.69, 9.17) is 5.11 Å². The molecule has 0 spiro atoms. The fourth-order valence-electron chi connectivity index (χ4n) is 1.34. The van der Waals surface area contributed by atoms with Crippen LogP contribution in [-0.2, 0) is 12.8 Å². The smallest absolute Gasteiger partial charge is 0.392 e. The van der Waals surface area contributed by atoms with Gasteiger partial charge in [-0.15, -0.1) is 0 Å². The molecule has 0 aliphatic rings. The van der Waals surface area contributed by atoms with Crippen molar-refractivity contribution in [2.24, 2.45) is 0 Å². The van der Waals surface area contributed by atoms with E-state index in [-0.39, 0.29) is 5.56 Å². The number of benzene rings is 1. The molecule has 1 aromatic rings. The van der Waals surface area contributed by atoms with Gasteiger partial charge in [-0.3, -0.25) is 0 Å². The van der Waals surface area contributed by atoms with Crippen molar-refractivity contribution in [3.8, 4) is 0 Å². The van der Waals surface area contributed by atoms with E-state index in [1.165, 1.54) is 6.07 Å². The van der Waals surface area contributed by atoms with E-state index in [1.807, 2.05) is 0 Å². The molecule has 4 heteroatoms. The first-order valence-electron chi connectivity index (χ1n) is 4.15. The van der Waals surface area contributed by atoms with E-state index < -0.39 is 18.3 Å². The van der Waals surface area contributed by atoms with Crippen molar-refractivity contribution in [2.45, 2.75) is 26.6 Å². The van der Waals surface area contributed by atoms with Crippen molar-refractivity contribution in [2.75, 3.05) is 0 Å². The summed E-state index contributed by atoms with van der Waals surface area (Å²) >= 11 is 0. The fourth-order valence-corrected chi connectivity index (χ4v) is 1.34. The van der Waals surface area contributed by atoms with E-state index in [1.54, 1.807) is 13.8 Å². The molecule has 0 amide bonds. The van der Waals surface area contributed by atoms with Gasteiger partial charge in [0.2, 0.25) is 0 Å². The van der Waals surface area contributed by atoms with Gasteiger partial charge in [-0.1, -0.05) is 6.07 Å². The van der Waals surface area contributed by atoms with E-state index >= 15 is 0 Å². The van der Waals surface area contributed by atoms with Gasteiger partial charge in [0.05, 0.1) is 12.2 Å². The topological polar surface area (TPSA) is 20.2 Å². The summed E-state index contributed by atoms with van der Waals surface area (Å²) in [6.07, 6.45) is -4.39. The Balaban J connectivity index is 3.39. The third kappa shape index (κ3) is 1.90. The SMILES string of the molecule is Cc1ccc(C(F)(F)F)c(CO)c1C. The largest absolute Gasteiger partial charge is 0.416 e. The molecule has 1 rings (SSSR count). The lowest BCUT2D eigenvalue weighted by Crippen LogP contribution is -2.11. The molecule has 0 bridgehead atoms. The molecule has 0 aromatic heterocycles. The molecule has 0 aliphatic heterocycles. The second-order valence-electron chi connectivity index (χ2n) is 3.19. The summed E-state index contributed by atoms with van der Waals surface area (Å²) in [4.78, 5) is 0. The highest BCUT2D eigenvalue weighted by Crippen LogP contribution is 2.34. The van der Waals surface area contributed by atoms with Crippen LogP contribution in [0, 0.1) is 13.8 Å². The van der Waals surface area contributed by atoms with Crippen LogP contribution in [0.25, 0.3) is 0 Å². The van der Waals surface area contributed by atoms with E-state index in [2.05, 4.69) is 0 Å². The van der Waals surface area contributed by atoms with Crippen molar-refractivity contribution in [3.05, 3.63) is 34.4 Å².